The van der Waals surface area contributed by atoms with Crippen LogP contribution in [0.2, 0.25) is 0 Å². The van der Waals surface area contributed by atoms with Crippen LogP contribution in [0.15, 0.2) is 23.8 Å². The average Bonchev–Trinajstić information content (AvgIpc) is 1.97. The molecular formula is C8H11F. The summed E-state index contributed by atoms with van der Waals surface area (Å²) < 4.78 is 12.5. The maximum Gasteiger partial charge on any atom is 0.119 e. The fourth-order valence-electron chi connectivity index (χ4n) is 0.891. The standard InChI is InChI=1S/C8H11F/c1-7-3-2-4-8(9)6-5-7/h3,5-6,8H,2,4H2,1H3. The Morgan fingerprint density at radius 2 is 2.44 bits per heavy atom. The molecule has 0 aromatic carbocycles. The van der Waals surface area contributed by atoms with Crippen LogP contribution < -0.4 is 0 Å². The van der Waals surface area contributed by atoms with E-state index in [4.69, 9.17) is 0 Å². The highest BCUT2D eigenvalue weighted by Crippen LogP contribution is 2.12. The topological polar surface area (TPSA) is 0 Å². The van der Waals surface area contributed by atoms with Crippen LogP contribution in [0.5, 0.6) is 0 Å². The predicted octanol–water partition coefficient (Wildman–Crippen LogP) is 2.62. The van der Waals surface area contributed by atoms with E-state index in [0.29, 0.717) is 6.42 Å². The molecule has 0 fully saturated rings. The highest BCUT2D eigenvalue weighted by Gasteiger charge is 2.01. The molecule has 9 heavy (non-hydrogen) atoms. The van der Waals surface area contributed by atoms with Crippen LogP contribution in [0.1, 0.15) is 19.8 Å². The van der Waals surface area contributed by atoms with Crippen LogP contribution in [-0.2, 0) is 0 Å². The lowest BCUT2D eigenvalue weighted by Gasteiger charge is -1.93. The van der Waals surface area contributed by atoms with Crippen molar-refractivity contribution >= 4 is 0 Å². The minimum atomic E-state index is -0.723. The van der Waals surface area contributed by atoms with Crippen molar-refractivity contribution in [1.29, 1.82) is 0 Å². The molecule has 1 unspecified atom stereocenters. The largest absolute Gasteiger partial charge is 0.243 e. The molecule has 1 aliphatic rings. The lowest BCUT2D eigenvalue weighted by atomic mass is 10.2. The molecule has 50 valence electrons. The number of allylic oxidation sites excluding steroid dienone is 4. The number of rotatable bonds is 0. The second-order valence-corrected chi connectivity index (χ2v) is 2.40. The molecule has 0 N–H and O–H groups in total. The van der Waals surface area contributed by atoms with Gasteiger partial charge in [-0.2, -0.15) is 0 Å². The zero-order chi connectivity index (χ0) is 6.69. The van der Waals surface area contributed by atoms with Crippen LogP contribution >= 0.6 is 0 Å². The van der Waals surface area contributed by atoms with E-state index in [1.807, 2.05) is 13.0 Å². The van der Waals surface area contributed by atoms with E-state index in [1.54, 1.807) is 6.08 Å². The number of hydrogen-bond donors (Lipinski definition) is 0. The summed E-state index contributed by atoms with van der Waals surface area (Å²) in [4.78, 5) is 0. The molecule has 0 aromatic heterocycles. The van der Waals surface area contributed by atoms with Gasteiger partial charge in [-0.15, -0.1) is 0 Å². The Morgan fingerprint density at radius 3 is 3.22 bits per heavy atom. The van der Waals surface area contributed by atoms with E-state index in [1.165, 1.54) is 5.57 Å². The molecule has 0 nitrogen and oxygen atoms in total. The molecule has 0 aliphatic heterocycles. The summed E-state index contributed by atoms with van der Waals surface area (Å²) in [5.41, 5.74) is 1.18. The maximum absolute atomic E-state index is 12.5. The zero-order valence-corrected chi connectivity index (χ0v) is 5.60. The summed E-state index contributed by atoms with van der Waals surface area (Å²) in [6.45, 7) is 1.99. The minimum absolute atomic E-state index is 0.647. The van der Waals surface area contributed by atoms with Crippen molar-refractivity contribution in [1.82, 2.24) is 0 Å². The van der Waals surface area contributed by atoms with Gasteiger partial charge < -0.3 is 0 Å². The van der Waals surface area contributed by atoms with Crippen molar-refractivity contribution in [3.63, 3.8) is 0 Å². The molecule has 0 heterocycles. The van der Waals surface area contributed by atoms with Gasteiger partial charge in [0.15, 0.2) is 0 Å². The Balaban J connectivity index is 2.58. The zero-order valence-electron chi connectivity index (χ0n) is 5.60. The minimum Gasteiger partial charge on any atom is -0.243 e. The van der Waals surface area contributed by atoms with Crippen LogP contribution in [-0.4, -0.2) is 6.17 Å². The van der Waals surface area contributed by atoms with E-state index < -0.39 is 6.17 Å². The van der Waals surface area contributed by atoms with E-state index in [0.717, 1.165) is 6.42 Å². The highest BCUT2D eigenvalue weighted by atomic mass is 19.1. The van der Waals surface area contributed by atoms with Gasteiger partial charge in [-0.25, -0.2) is 4.39 Å². The smallest absolute Gasteiger partial charge is 0.119 e. The maximum atomic E-state index is 12.5. The van der Waals surface area contributed by atoms with E-state index in [2.05, 4.69) is 6.08 Å². The van der Waals surface area contributed by atoms with Crippen molar-refractivity contribution in [2.45, 2.75) is 25.9 Å². The Hall–Kier alpha value is -0.590. The number of halogens is 1. The molecule has 0 saturated heterocycles. The van der Waals surface area contributed by atoms with Crippen molar-refractivity contribution in [2.75, 3.05) is 0 Å². The fourth-order valence-corrected chi connectivity index (χ4v) is 0.891. The van der Waals surface area contributed by atoms with Gasteiger partial charge in [0.25, 0.3) is 0 Å². The number of alkyl halides is 1. The van der Waals surface area contributed by atoms with Crippen molar-refractivity contribution in [2.24, 2.45) is 0 Å². The SMILES string of the molecule is CC1=CCCC(F)C=C1. The van der Waals surface area contributed by atoms with Gasteiger partial charge in [0.1, 0.15) is 6.17 Å². The van der Waals surface area contributed by atoms with E-state index >= 15 is 0 Å². The quantitative estimate of drug-likeness (QED) is 0.468. The number of hydrogen-bond acceptors (Lipinski definition) is 0. The summed E-state index contributed by atoms with van der Waals surface area (Å²) in [6.07, 6.45) is 6.33. The predicted molar refractivity (Wildman–Crippen MR) is 37.0 cm³/mol. The van der Waals surface area contributed by atoms with Crippen LogP contribution in [0.3, 0.4) is 0 Å². The summed E-state index contributed by atoms with van der Waals surface area (Å²) >= 11 is 0. The Kier molecular flexibility index (Phi) is 2.04. The van der Waals surface area contributed by atoms with Crippen molar-refractivity contribution in [3.8, 4) is 0 Å². The molecule has 0 radical (unpaired) electrons. The van der Waals surface area contributed by atoms with Gasteiger partial charge in [-0.3, -0.25) is 0 Å². The van der Waals surface area contributed by atoms with Crippen molar-refractivity contribution in [3.05, 3.63) is 23.8 Å². The Bertz CT molecular complexity index is 145. The normalized spacial score (nSPS) is 27.3. The van der Waals surface area contributed by atoms with Gasteiger partial charge >= 0.3 is 0 Å². The molecular weight excluding hydrogens is 115 g/mol. The molecule has 1 atom stereocenters. The third kappa shape index (κ3) is 2.00. The summed E-state index contributed by atoms with van der Waals surface area (Å²) in [7, 11) is 0. The summed E-state index contributed by atoms with van der Waals surface area (Å²) in [6, 6.07) is 0. The third-order valence-electron chi connectivity index (χ3n) is 1.48. The van der Waals surface area contributed by atoms with Gasteiger partial charge in [-0.05, 0) is 19.8 Å². The van der Waals surface area contributed by atoms with E-state index in [-0.39, 0.29) is 0 Å². The highest BCUT2D eigenvalue weighted by molar-refractivity contribution is 5.19. The van der Waals surface area contributed by atoms with Gasteiger partial charge in [-0.1, -0.05) is 23.8 Å². The van der Waals surface area contributed by atoms with Crippen molar-refractivity contribution < 1.29 is 4.39 Å². The molecule has 0 amide bonds. The lowest BCUT2D eigenvalue weighted by molar-refractivity contribution is 0.382. The van der Waals surface area contributed by atoms with E-state index in [9.17, 15) is 4.39 Å². The monoisotopic (exact) mass is 126 g/mol. The lowest BCUT2D eigenvalue weighted by Crippen LogP contribution is -1.90. The second-order valence-electron chi connectivity index (χ2n) is 2.40. The second kappa shape index (κ2) is 2.81. The third-order valence-corrected chi connectivity index (χ3v) is 1.48. The molecule has 1 rings (SSSR count). The van der Waals surface area contributed by atoms with Crippen LogP contribution in [0, 0.1) is 0 Å². The Morgan fingerprint density at radius 1 is 1.67 bits per heavy atom. The fraction of sp³-hybridized carbons (Fsp3) is 0.500. The molecule has 0 bridgehead atoms. The molecule has 1 aliphatic carbocycles. The first kappa shape index (κ1) is 6.53. The van der Waals surface area contributed by atoms with Gasteiger partial charge in [0.05, 0.1) is 0 Å². The summed E-state index contributed by atoms with van der Waals surface area (Å²) in [5, 5.41) is 0. The van der Waals surface area contributed by atoms with Crippen LogP contribution in [0.4, 0.5) is 4.39 Å². The first-order chi connectivity index (χ1) is 4.29. The Labute approximate surface area is 55.1 Å². The summed E-state index contributed by atoms with van der Waals surface area (Å²) in [5.74, 6) is 0. The first-order valence-electron chi connectivity index (χ1n) is 3.28. The molecule has 0 aromatic rings. The van der Waals surface area contributed by atoms with Crippen LogP contribution in [0.25, 0.3) is 0 Å². The van der Waals surface area contributed by atoms with Gasteiger partial charge in [0, 0.05) is 0 Å². The molecule has 0 saturated carbocycles. The molecule has 0 spiro atoms. The average molecular weight is 126 g/mol. The first-order valence-corrected chi connectivity index (χ1v) is 3.28. The molecule has 1 heteroatoms. The van der Waals surface area contributed by atoms with Gasteiger partial charge in [0.2, 0.25) is 0 Å².